The van der Waals surface area contributed by atoms with Gasteiger partial charge in [-0.1, -0.05) is 0 Å². The van der Waals surface area contributed by atoms with E-state index in [1.807, 2.05) is 48.8 Å². The minimum Gasteiger partial charge on any atom is -0.355 e. The second kappa shape index (κ2) is 6.76. The first-order valence-electron chi connectivity index (χ1n) is 8.36. The maximum absolute atomic E-state index is 12.5. The smallest absolute Gasteiger partial charge is 0.251 e. The van der Waals surface area contributed by atoms with E-state index >= 15 is 0 Å². The largest absolute Gasteiger partial charge is 0.355 e. The Morgan fingerprint density at radius 3 is 2.60 bits per heavy atom. The zero-order valence-electron chi connectivity index (χ0n) is 13.7. The summed E-state index contributed by atoms with van der Waals surface area (Å²) in [6.07, 6.45) is 9.07. The van der Waals surface area contributed by atoms with Gasteiger partial charge in [-0.15, -0.1) is 0 Å². The number of nitrogens with one attached hydrogen (secondary N) is 2. The van der Waals surface area contributed by atoms with Crippen LogP contribution in [-0.4, -0.2) is 26.5 Å². The molecule has 0 radical (unpaired) electrons. The molecule has 6 nitrogen and oxygen atoms in total. The molecule has 1 aromatic carbocycles. The van der Waals surface area contributed by atoms with Gasteiger partial charge >= 0.3 is 0 Å². The summed E-state index contributed by atoms with van der Waals surface area (Å²) < 4.78 is 2.11. The average molecular weight is 333 g/mol. The molecule has 0 aliphatic carbocycles. The first-order chi connectivity index (χ1) is 12.3. The molecule has 0 saturated carbocycles. The highest BCUT2D eigenvalue weighted by Crippen LogP contribution is 2.17. The highest BCUT2D eigenvalue weighted by Gasteiger charge is 2.20. The minimum atomic E-state index is -0.0379. The Kier molecular flexibility index (Phi) is 4.16. The van der Waals surface area contributed by atoms with E-state index < -0.39 is 0 Å². The molecule has 0 spiro atoms. The molecule has 4 rings (SSSR count). The molecule has 0 fully saturated rings. The van der Waals surface area contributed by atoms with E-state index in [0.29, 0.717) is 5.56 Å². The van der Waals surface area contributed by atoms with Crippen molar-refractivity contribution >= 4 is 17.3 Å². The lowest BCUT2D eigenvalue weighted by Gasteiger charge is -2.24. The van der Waals surface area contributed by atoms with Crippen LogP contribution in [0.4, 0.5) is 11.4 Å². The maximum Gasteiger partial charge on any atom is 0.251 e. The van der Waals surface area contributed by atoms with Crippen LogP contribution in [0.1, 0.15) is 22.6 Å². The Hall–Kier alpha value is -3.15. The quantitative estimate of drug-likeness (QED) is 0.770. The van der Waals surface area contributed by atoms with Gasteiger partial charge in [0.05, 0.1) is 0 Å². The fourth-order valence-corrected chi connectivity index (χ4v) is 3.06. The Morgan fingerprint density at radius 1 is 1.04 bits per heavy atom. The van der Waals surface area contributed by atoms with Gasteiger partial charge in [-0.05, 0) is 42.8 Å². The topological polar surface area (TPSA) is 71.8 Å². The number of pyridine rings is 1. The Labute approximate surface area is 145 Å². The van der Waals surface area contributed by atoms with E-state index in [1.165, 1.54) is 0 Å². The molecule has 6 heteroatoms. The number of aromatic nitrogens is 3. The van der Waals surface area contributed by atoms with E-state index in [0.717, 1.165) is 36.6 Å². The zero-order chi connectivity index (χ0) is 17.1. The van der Waals surface area contributed by atoms with E-state index in [-0.39, 0.29) is 11.9 Å². The first-order valence-corrected chi connectivity index (χ1v) is 8.36. The molecule has 1 aliphatic heterocycles. The molecule has 2 N–H and O–H groups in total. The van der Waals surface area contributed by atoms with Crippen molar-refractivity contribution in [2.75, 3.05) is 5.32 Å². The molecular weight excluding hydrogens is 314 g/mol. The van der Waals surface area contributed by atoms with Crippen molar-refractivity contribution in [1.29, 1.82) is 0 Å². The molecular formula is C19H19N5O. The fourth-order valence-electron chi connectivity index (χ4n) is 3.06. The van der Waals surface area contributed by atoms with Crippen LogP contribution in [0.15, 0.2) is 61.2 Å². The highest BCUT2D eigenvalue weighted by atomic mass is 16.1. The van der Waals surface area contributed by atoms with Gasteiger partial charge in [0.1, 0.15) is 5.82 Å². The third-order valence-electron chi connectivity index (χ3n) is 4.39. The zero-order valence-corrected chi connectivity index (χ0v) is 13.7. The summed E-state index contributed by atoms with van der Waals surface area (Å²) >= 11 is 0. The summed E-state index contributed by atoms with van der Waals surface area (Å²) in [5.74, 6) is 1.06. The monoisotopic (exact) mass is 333 g/mol. The number of imidazole rings is 1. The second-order valence-electron chi connectivity index (χ2n) is 6.14. The lowest BCUT2D eigenvalue weighted by molar-refractivity contribution is 0.0927. The second-order valence-corrected chi connectivity index (χ2v) is 6.14. The van der Waals surface area contributed by atoms with Crippen LogP contribution in [0.5, 0.6) is 0 Å². The number of hydrogen-bond donors (Lipinski definition) is 2. The number of hydrogen-bond acceptors (Lipinski definition) is 4. The van der Waals surface area contributed by atoms with Gasteiger partial charge in [0.25, 0.3) is 5.91 Å². The van der Waals surface area contributed by atoms with Crippen LogP contribution in [0.3, 0.4) is 0 Å². The lowest BCUT2D eigenvalue weighted by atomic mass is 10.1. The van der Waals surface area contributed by atoms with Gasteiger partial charge < -0.3 is 15.2 Å². The number of rotatable bonds is 4. The number of nitrogens with zero attached hydrogens (tertiary/aromatic N) is 3. The number of carbonyl (C=O) groups is 1. The van der Waals surface area contributed by atoms with Crippen LogP contribution >= 0.6 is 0 Å². The molecule has 25 heavy (non-hydrogen) atoms. The Morgan fingerprint density at radius 2 is 1.80 bits per heavy atom. The van der Waals surface area contributed by atoms with E-state index in [4.69, 9.17) is 0 Å². The molecule has 2 aromatic heterocycles. The van der Waals surface area contributed by atoms with Gasteiger partial charge in [-0.3, -0.25) is 9.78 Å². The van der Waals surface area contributed by atoms with Crippen LogP contribution in [0, 0.1) is 0 Å². The molecule has 126 valence electrons. The lowest BCUT2D eigenvalue weighted by Crippen LogP contribution is -2.40. The van der Waals surface area contributed by atoms with Gasteiger partial charge in [-0.25, -0.2) is 4.98 Å². The molecule has 0 saturated heterocycles. The van der Waals surface area contributed by atoms with Crippen molar-refractivity contribution in [2.45, 2.75) is 25.4 Å². The van der Waals surface area contributed by atoms with E-state index in [2.05, 4.69) is 25.2 Å². The minimum absolute atomic E-state index is 0.0379. The van der Waals surface area contributed by atoms with Gasteiger partial charge in [-0.2, -0.15) is 0 Å². The number of fused-ring (bicyclic) bond motifs is 1. The van der Waals surface area contributed by atoms with Crippen LogP contribution in [-0.2, 0) is 13.0 Å². The van der Waals surface area contributed by atoms with Gasteiger partial charge in [0.2, 0.25) is 0 Å². The Bertz CT molecular complexity index is 857. The number of benzene rings is 1. The van der Waals surface area contributed by atoms with Crippen LogP contribution in [0.2, 0.25) is 0 Å². The molecule has 0 bridgehead atoms. The first kappa shape index (κ1) is 15.4. The normalized spacial score (nSPS) is 16.1. The predicted octanol–water partition coefficient (Wildman–Crippen LogP) is 2.77. The van der Waals surface area contributed by atoms with Crippen LogP contribution in [0.25, 0.3) is 0 Å². The predicted molar refractivity (Wildman–Crippen MR) is 95.8 cm³/mol. The summed E-state index contributed by atoms with van der Waals surface area (Å²) in [4.78, 5) is 20.8. The van der Waals surface area contributed by atoms with Gasteiger partial charge in [0.15, 0.2) is 0 Å². The molecule has 1 unspecified atom stereocenters. The molecule has 3 aromatic rings. The van der Waals surface area contributed by atoms with Crippen molar-refractivity contribution in [3.63, 3.8) is 0 Å². The number of aryl methyl sites for hydroxylation is 1. The molecule has 1 atom stereocenters. The third kappa shape index (κ3) is 3.52. The highest BCUT2D eigenvalue weighted by molar-refractivity contribution is 5.94. The van der Waals surface area contributed by atoms with E-state index in [9.17, 15) is 4.79 Å². The summed E-state index contributed by atoms with van der Waals surface area (Å²) in [6.45, 7) is 0.781. The third-order valence-corrected chi connectivity index (χ3v) is 4.39. The molecule has 1 aliphatic rings. The maximum atomic E-state index is 12.5. The van der Waals surface area contributed by atoms with E-state index in [1.54, 1.807) is 12.4 Å². The summed E-state index contributed by atoms with van der Waals surface area (Å²) in [5.41, 5.74) is 2.56. The fraction of sp³-hybridized carbons (Fsp3) is 0.211. The molecule has 1 amide bonds. The summed E-state index contributed by atoms with van der Waals surface area (Å²) in [6, 6.07) is 11.4. The standard InChI is InChI=1S/C19H19N5O/c25-19(23-17-5-6-18-21-11-12-24(18)13-17)14-1-3-15(4-2-14)22-16-7-9-20-10-8-16/h1-4,7-12,17H,5-6,13H2,(H,20,22)(H,23,25). The van der Waals surface area contributed by atoms with Crippen LogP contribution < -0.4 is 10.6 Å². The number of carbonyl (C=O) groups excluding carboxylic acids is 1. The summed E-state index contributed by atoms with van der Waals surface area (Å²) in [5, 5.41) is 6.40. The molecule has 3 heterocycles. The van der Waals surface area contributed by atoms with Crippen molar-refractivity contribution in [1.82, 2.24) is 19.9 Å². The average Bonchev–Trinajstić information content (AvgIpc) is 3.11. The number of amides is 1. The SMILES string of the molecule is O=C(NC1CCc2nccn2C1)c1ccc(Nc2ccncc2)cc1. The Balaban J connectivity index is 1.38. The number of anilines is 2. The summed E-state index contributed by atoms with van der Waals surface area (Å²) in [7, 11) is 0. The van der Waals surface area contributed by atoms with Crippen molar-refractivity contribution in [3.8, 4) is 0 Å². The van der Waals surface area contributed by atoms with Crippen molar-refractivity contribution in [3.05, 3.63) is 72.6 Å². The van der Waals surface area contributed by atoms with Crippen molar-refractivity contribution < 1.29 is 4.79 Å². The van der Waals surface area contributed by atoms with Crippen molar-refractivity contribution in [2.24, 2.45) is 0 Å². The van der Waals surface area contributed by atoms with Gasteiger partial charge in [0, 0.05) is 60.7 Å².